The van der Waals surface area contributed by atoms with Gasteiger partial charge in [0.1, 0.15) is 0 Å². The van der Waals surface area contributed by atoms with Crippen molar-refractivity contribution < 1.29 is 18.9 Å². The molecule has 1 aromatic rings. The van der Waals surface area contributed by atoms with E-state index in [9.17, 15) is 9.59 Å². The van der Waals surface area contributed by atoms with Crippen LogP contribution in [-0.2, 0) is 14.1 Å². The molecule has 1 aromatic carbocycles. The number of allylic oxidation sites excluding steroid dienone is 3. The van der Waals surface area contributed by atoms with Crippen LogP contribution in [0.15, 0.2) is 53.6 Å². The van der Waals surface area contributed by atoms with Gasteiger partial charge in [-0.1, -0.05) is 42.9 Å². The fourth-order valence-corrected chi connectivity index (χ4v) is 3.74. The normalized spacial score (nSPS) is 17.7. The van der Waals surface area contributed by atoms with Crippen molar-refractivity contribution in [3.63, 3.8) is 0 Å². The molecular formula is C29H43BN2O4. The minimum atomic E-state index is -0.674. The average molecular weight is 494 g/mol. The van der Waals surface area contributed by atoms with Crippen LogP contribution in [0.2, 0.25) is 0 Å². The lowest BCUT2D eigenvalue weighted by Gasteiger charge is -2.36. The standard InChI is InChI=1S/C29H43BN2O4/c1-13-20(4)18-22(17-19(2)3)26(34)32(27(6,7)8)31-25(33)23-15-14-16-24(21(23)5)30-35-28(9,10)29(11,12)36-30/h14-18H,2,13H2,1,3-12H3,(H,31,33). The van der Waals surface area contributed by atoms with E-state index in [1.807, 2.05) is 94.4 Å². The van der Waals surface area contributed by atoms with Gasteiger partial charge in [0.25, 0.3) is 11.8 Å². The summed E-state index contributed by atoms with van der Waals surface area (Å²) in [7, 11) is -0.588. The number of hydrazine groups is 1. The summed E-state index contributed by atoms with van der Waals surface area (Å²) in [5.41, 5.74) is 5.49. The molecule has 0 spiro atoms. The van der Waals surface area contributed by atoms with Gasteiger partial charge in [0.2, 0.25) is 0 Å². The molecule has 1 fully saturated rings. The lowest BCUT2D eigenvalue weighted by molar-refractivity contribution is -0.134. The van der Waals surface area contributed by atoms with E-state index in [1.54, 1.807) is 12.1 Å². The second-order valence-corrected chi connectivity index (χ2v) is 11.7. The van der Waals surface area contributed by atoms with Gasteiger partial charge in [0.05, 0.1) is 16.7 Å². The zero-order chi connectivity index (χ0) is 27.6. The molecule has 2 rings (SSSR count). The number of hydrogen-bond acceptors (Lipinski definition) is 4. The Bertz CT molecular complexity index is 1080. The van der Waals surface area contributed by atoms with E-state index in [1.165, 1.54) is 5.01 Å². The van der Waals surface area contributed by atoms with Crippen molar-refractivity contribution in [3.8, 4) is 0 Å². The van der Waals surface area contributed by atoms with Crippen molar-refractivity contribution in [2.24, 2.45) is 0 Å². The number of amides is 2. The van der Waals surface area contributed by atoms with Crippen LogP contribution in [0.3, 0.4) is 0 Å². The van der Waals surface area contributed by atoms with E-state index in [2.05, 4.69) is 12.0 Å². The Morgan fingerprint density at radius 3 is 2.11 bits per heavy atom. The Labute approximate surface area is 217 Å². The molecule has 1 aliphatic rings. The van der Waals surface area contributed by atoms with Gasteiger partial charge in [0.15, 0.2) is 0 Å². The first-order valence-electron chi connectivity index (χ1n) is 12.6. The largest absolute Gasteiger partial charge is 0.495 e. The monoisotopic (exact) mass is 494 g/mol. The number of rotatable bonds is 6. The smallest absolute Gasteiger partial charge is 0.399 e. The molecule has 1 saturated heterocycles. The first-order chi connectivity index (χ1) is 16.4. The SMILES string of the molecule is C=C(C)C=C(C=C(C)CC)C(=O)N(NC(=O)c1cccc(B2OC(C)(C)C(C)(C)O2)c1C)C(C)(C)C. The highest BCUT2D eigenvalue weighted by Gasteiger charge is 2.52. The number of carbonyl (C=O) groups excluding carboxylic acids is 2. The molecule has 0 radical (unpaired) electrons. The maximum atomic E-state index is 13.7. The zero-order valence-electron chi connectivity index (χ0n) is 24.0. The molecule has 0 aromatic heterocycles. The van der Waals surface area contributed by atoms with Gasteiger partial charge in [-0.2, -0.15) is 0 Å². The van der Waals surface area contributed by atoms with E-state index in [0.717, 1.165) is 28.6 Å². The summed E-state index contributed by atoms with van der Waals surface area (Å²) in [6.07, 6.45) is 4.41. The minimum Gasteiger partial charge on any atom is -0.399 e. The fourth-order valence-electron chi connectivity index (χ4n) is 3.74. The molecule has 0 unspecified atom stereocenters. The van der Waals surface area contributed by atoms with Crippen molar-refractivity contribution in [1.82, 2.24) is 10.4 Å². The number of benzene rings is 1. The third-order valence-electron chi connectivity index (χ3n) is 6.82. The molecule has 36 heavy (non-hydrogen) atoms. The third kappa shape index (κ3) is 6.57. The maximum Gasteiger partial charge on any atom is 0.495 e. The highest BCUT2D eigenvalue weighted by atomic mass is 16.7. The second-order valence-electron chi connectivity index (χ2n) is 11.7. The second kappa shape index (κ2) is 10.8. The highest BCUT2D eigenvalue weighted by Crippen LogP contribution is 2.36. The van der Waals surface area contributed by atoms with E-state index < -0.39 is 23.9 Å². The molecule has 0 saturated carbocycles. The number of nitrogens with zero attached hydrogens (tertiary/aromatic N) is 1. The van der Waals surface area contributed by atoms with Crippen molar-refractivity contribution in [2.45, 2.75) is 99.3 Å². The van der Waals surface area contributed by atoms with Crippen LogP contribution in [0, 0.1) is 6.92 Å². The van der Waals surface area contributed by atoms with Crippen molar-refractivity contribution in [2.75, 3.05) is 0 Å². The van der Waals surface area contributed by atoms with E-state index in [4.69, 9.17) is 9.31 Å². The molecule has 0 atom stereocenters. The van der Waals surface area contributed by atoms with Gasteiger partial charge >= 0.3 is 7.12 Å². The molecule has 0 bridgehead atoms. The molecule has 1 heterocycles. The highest BCUT2D eigenvalue weighted by molar-refractivity contribution is 6.62. The molecule has 196 valence electrons. The first-order valence-corrected chi connectivity index (χ1v) is 12.6. The van der Waals surface area contributed by atoms with E-state index >= 15 is 0 Å². The quantitative estimate of drug-likeness (QED) is 0.248. The van der Waals surface area contributed by atoms with Crippen molar-refractivity contribution in [1.29, 1.82) is 0 Å². The van der Waals surface area contributed by atoms with Gasteiger partial charge in [0, 0.05) is 11.1 Å². The van der Waals surface area contributed by atoms with Crippen LogP contribution >= 0.6 is 0 Å². The number of hydrogen-bond donors (Lipinski definition) is 1. The molecule has 2 amide bonds. The van der Waals surface area contributed by atoms with E-state index in [-0.39, 0.29) is 11.8 Å². The fraction of sp³-hybridized carbons (Fsp3) is 0.517. The van der Waals surface area contributed by atoms with Crippen molar-refractivity contribution >= 4 is 24.4 Å². The van der Waals surface area contributed by atoms with Crippen molar-refractivity contribution in [3.05, 3.63) is 64.8 Å². The third-order valence-corrected chi connectivity index (χ3v) is 6.82. The lowest BCUT2D eigenvalue weighted by Crippen LogP contribution is -2.56. The predicted octanol–water partition coefficient (Wildman–Crippen LogP) is 5.42. The Hall–Kier alpha value is -2.64. The minimum absolute atomic E-state index is 0.300. The lowest BCUT2D eigenvalue weighted by atomic mass is 9.75. The van der Waals surface area contributed by atoms with Crippen LogP contribution in [0.4, 0.5) is 0 Å². The maximum absolute atomic E-state index is 13.7. The van der Waals surface area contributed by atoms with Gasteiger partial charge in [-0.05, 0) is 98.8 Å². The summed E-state index contributed by atoms with van der Waals surface area (Å²) < 4.78 is 12.4. The van der Waals surface area contributed by atoms with Crippen LogP contribution in [0.25, 0.3) is 0 Å². The summed E-state index contributed by atoms with van der Waals surface area (Å²) in [6.45, 7) is 25.3. The summed E-state index contributed by atoms with van der Waals surface area (Å²) in [4.78, 5) is 27.2. The van der Waals surface area contributed by atoms with Crippen LogP contribution in [0.5, 0.6) is 0 Å². The molecule has 1 aliphatic heterocycles. The Morgan fingerprint density at radius 1 is 1.08 bits per heavy atom. The average Bonchev–Trinajstić information content (AvgIpc) is 2.96. The Balaban J connectivity index is 2.43. The summed E-state index contributed by atoms with van der Waals surface area (Å²) in [5, 5.41) is 1.39. The van der Waals surface area contributed by atoms with Crippen LogP contribution in [-0.4, -0.2) is 40.7 Å². The van der Waals surface area contributed by atoms with Crippen LogP contribution in [0.1, 0.15) is 91.6 Å². The Kier molecular flexibility index (Phi) is 8.86. The number of nitrogens with one attached hydrogen (secondary N) is 1. The molecular weight excluding hydrogens is 451 g/mol. The molecule has 7 heteroatoms. The summed E-state index contributed by atoms with van der Waals surface area (Å²) >= 11 is 0. The topological polar surface area (TPSA) is 67.9 Å². The van der Waals surface area contributed by atoms with Gasteiger partial charge in [-0.3, -0.25) is 15.0 Å². The predicted molar refractivity (Wildman–Crippen MR) is 148 cm³/mol. The van der Waals surface area contributed by atoms with Crippen LogP contribution < -0.4 is 10.9 Å². The summed E-state index contributed by atoms with van der Waals surface area (Å²) in [6, 6.07) is 5.47. The van der Waals surface area contributed by atoms with Gasteiger partial charge in [-0.15, -0.1) is 0 Å². The Morgan fingerprint density at radius 2 is 1.64 bits per heavy atom. The zero-order valence-corrected chi connectivity index (χ0v) is 24.0. The first kappa shape index (κ1) is 29.6. The number of carbonyl (C=O) groups is 2. The molecule has 6 nitrogen and oxygen atoms in total. The van der Waals surface area contributed by atoms with Gasteiger partial charge < -0.3 is 9.31 Å². The molecule has 0 aliphatic carbocycles. The van der Waals surface area contributed by atoms with E-state index in [0.29, 0.717) is 11.1 Å². The molecule has 1 N–H and O–H groups in total. The van der Waals surface area contributed by atoms with Gasteiger partial charge in [-0.25, -0.2) is 5.01 Å². The summed E-state index contributed by atoms with van der Waals surface area (Å²) in [5.74, 6) is -0.675.